The van der Waals surface area contributed by atoms with Gasteiger partial charge in [0.2, 0.25) is 0 Å². The summed E-state index contributed by atoms with van der Waals surface area (Å²) < 4.78 is 5.68. The van der Waals surface area contributed by atoms with Crippen molar-refractivity contribution in [2.24, 2.45) is 23.7 Å². The van der Waals surface area contributed by atoms with Crippen LogP contribution < -0.4 is 4.74 Å². The fraction of sp³-hybridized carbons (Fsp3) is 0.238. The molecule has 25 heavy (non-hydrogen) atoms. The van der Waals surface area contributed by atoms with E-state index >= 15 is 0 Å². The third kappa shape index (κ3) is 2.74. The summed E-state index contributed by atoms with van der Waals surface area (Å²) >= 11 is 0. The van der Waals surface area contributed by atoms with E-state index in [1.807, 2.05) is 60.7 Å². The highest BCUT2D eigenvalue weighted by Gasteiger charge is 2.52. The Labute approximate surface area is 145 Å². The summed E-state index contributed by atoms with van der Waals surface area (Å²) in [6, 6.07) is 17.0. The zero-order valence-corrected chi connectivity index (χ0v) is 13.5. The minimum absolute atomic E-state index is 0.0394. The first kappa shape index (κ1) is 15.6. The van der Waals surface area contributed by atoms with Crippen molar-refractivity contribution in [1.82, 2.24) is 0 Å². The van der Waals surface area contributed by atoms with Gasteiger partial charge in [0, 0.05) is 5.56 Å². The summed E-state index contributed by atoms with van der Waals surface area (Å²) in [4.78, 5) is 24.4. The molecule has 4 atom stereocenters. The fourth-order valence-corrected chi connectivity index (χ4v) is 4.07. The monoisotopic (exact) mass is 334 g/mol. The average molecular weight is 334 g/mol. The first-order valence-electron chi connectivity index (χ1n) is 8.42. The van der Waals surface area contributed by atoms with Crippen molar-refractivity contribution in [3.05, 3.63) is 66.7 Å². The summed E-state index contributed by atoms with van der Waals surface area (Å²) in [7, 11) is 0. The topological polar surface area (TPSA) is 63.6 Å². The van der Waals surface area contributed by atoms with E-state index in [1.54, 1.807) is 6.07 Å². The number of hydrogen-bond donors (Lipinski definition) is 1. The Morgan fingerprint density at radius 2 is 1.52 bits per heavy atom. The van der Waals surface area contributed by atoms with Crippen LogP contribution in [-0.2, 0) is 9.59 Å². The number of aliphatic carboxylic acids is 1. The summed E-state index contributed by atoms with van der Waals surface area (Å²) in [6.07, 6.45) is 4.60. The summed E-state index contributed by atoms with van der Waals surface area (Å²) in [5.74, 6) is -2.31. The lowest BCUT2D eigenvalue weighted by Gasteiger charge is -2.23. The molecule has 1 N–H and O–H groups in total. The highest BCUT2D eigenvalue weighted by Crippen LogP contribution is 2.48. The van der Waals surface area contributed by atoms with Crippen LogP contribution in [0, 0.1) is 23.7 Å². The molecule has 2 aliphatic rings. The van der Waals surface area contributed by atoms with E-state index in [2.05, 4.69) is 0 Å². The number of carbonyl (C=O) groups is 2. The molecule has 126 valence electrons. The lowest BCUT2D eigenvalue weighted by atomic mass is 9.83. The van der Waals surface area contributed by atoms with Gasteiger partial charge in [-0.15, -0.1) is 0 Å². The van der Waals surface area contributed by atoms with Gasteiger partial charge in [0.05, 0.1) is 11.8 Å². The zero-order valence-electron chi connectivity index (χ0n) is 13.5. The average Bonchev–Trinajstić information content (AvgIpc) is 3.24. The highest BCUT2D eigenvalue weighted by molar-refractivity contribution is 5.86. The van der Waals surface area contributed by atoms with E-state index in [0.717, 1.165) is 17.5 Å². The van der Waals surface area contributed by atoms with Crippen molar-refractivity contribution >= 4 is 11.9 Å². The zero-order chi connectivity index (χ0) is 17.4. The molecule has 0 radical (unpaired) electrons. The third-order valence-corrected chi connectivity index (χ3v) is 5.20. The summed E-state index contributed by atoms with van der Waals surface area (Å²) in [5, 5.41) is 9.51. The molecule has 0 aromatic heterocycles. The van der Waals surface area contributed by atoms with Gasteiger partial charge in [0.1, 0.15) is 5.75 Å². The van der Waals surface area contributed by atoms with Gasteiger partial charge in [-0.05, 0) is 29.9 Å². The molecule has 0 saturated heterocycles. The van der Waals surface area contributed by atoms with Crippen LogP contribution in [0.3, 0.4) is 0 Å². The van der Waals surface area contributed by atoms with Gasteiger partial charge < -0.3 is 9.84 Å². The Kier molecular flexibility index (Phi) is 3.88. The van der Waals surface area contributed by atoms with Gasteiger partial charge in [0.15, 0.2) is 0 Å². The first-order valence-corrected chi connectivity index (χ1v) is 8.42. The van der Waals surface area contributed by atoms with Gasteiger partial charge in [0.25, 0.3) is 0 Å². The van der Waals surface area contributed by atoms with Crippen molar-refractivity contribution in [3.63, 3.8) is 0 Å². The molecule has 1 fully saturated rings. The normalized spacial score (nSPS) is 26.6. The van der Waals surface area contributed by atoms with Crippen molar-refractivity contribution in [3.8, 4) is 16.9 Å². The molecule has 4 nitrogen and oxygen atoms in total. The van der Waals surface area contributed by atoms with Gasteiger partial charge in [-0.3, -0.25) is 9.59 Å². The molecule has 0 amide bonds. The molecular formula is C21H18O4. The SMILES string of the molecule is O=C(O)C1C2C=CC(C2)C1C(=O)Oc1ccccc1-c1ccccc1. The van der Waals surface area contributed by atoms with Crippen molar-refractivity contribution in [2.45, 2.75) is 6.42 Å². The van der Waals surface area contributed by atoms with Crippen LogP contribution in [0.4, 0.5) is 0 Å². The molecule has 2 aromatic rings. The number of carbonyl (C=O) groups excluding carboxylic acids is 1. The van der Waals surface area contributed by atoms with Crippen LogP contribution >= 0.6 is 0 Å². The summed E-state index contributed by atoms with van der Waals surface area (Å²) in [5.41, 5.74) is 1.77. The van der Waals surface area contributed by atoms with Crippen LogP contribution in [0.25, 0.3) is 11.1 Å². The maximum atomic E-state index is 12.8. The molecule has 0 heterocycles. The second kappa shape index (κ2) is 6.20. The van der Waals surface area contributed by atoms with Crippen LogP contribution in [-0.4, -0.2) is 17.0 Å². The predicted molar refractivity (Wildman–Crippen MR) is 92.9 cm³/mol. The largest absolute Gasteiger partial charge is 0.481 e. The maximum Gasteiger partial charge on any atom is 0.315 e. The Morgan fingerprint density at radius 3 is 2.24 bits per heavy atom. The lowest BCUT2D eigenvalue weighted by molar-refractivity contribution is -0.152. The number of hydrogen-bond acceptors (Lipinski definition) is 3. The molecule has 4 heteroatoms. The van der Waals surface area contributed by atoms with Gasteiger partial charge in [-0.25, -0.2) is 0 Å². The molecule has 4 unspecified atom stereocenters. The molecule has 0 spiro atoms. The van der Waals surface area contributed by atoms with Crippen molar-refractivity contribution < 1.29 is 19.4 Å². The number of benzene rings is 2. The number of esters is 1. The third-order valence-electron chi connectivity index (χ3n) is 5.20. The Bertz CT molecular complexity index is 840. The van der Waals surface area contributed by atoms with E-state index in [0.29, 0.717) is 5.75 Å². The van der Waals surface area contributed by atoms with Gasteiger partial charge in [-0.2, -0.15) is 0 Å². The van der Waals surface area contributed by atoms with Gasteiger partial charge in [-0.1, -0.05) is 60.7 Å². The number of ether oxygens (including phenoxy) is 1. The predicted octanol–water partition coefficient (Wildman–Crippen LogP) is 3.78. The molecule has 2 bridgehead atoms. The van der Waals surface area contributed by atoms with E-state index < -0.39 is 23.8 Å². The quantitative estimate of drug-likeness (QED) is 0.525. The Hall–Kier alpha value is -2.88. The highest BCUT2D eigenvalue weighted by atomic mass is 16.5. The van der Waals surface area contributed by atoms with E-state index in [9.17, 15) is 14.7 Å². The fourth-order valence-electron chi connectivity index (χ4n) is 4.07. The minimum Gasteiger partial charge on any atom is -0.481 e. The van der Waals surface area contributed by atoms with Crippen molar-refractivity contribution in [2.75, 3.05) is 0 Å². The number of fused-ring (bicyclic) bond motifs is 2. The second-order valence-corrected chi connectivity index (χ2v) is 6.62. The standard InChI is InChI=1S/C21H18O4/c22-20(23)18-14-10-11-15(12-14)19(18)21(24)25-17-9-5-4-8-16(17)13-6-2-1-3-7-13/h1-11,14-15,18-19H,12H2,(H,22,23). The number of carboxylic acids is 1. The van der Waals surface area contributed by atoms with E-state index in [1.165, 1.54) is 0 Å². The van der Waals surface area contributed by atoms with Crippen LogP contribution in [0.15, 0.2) is 66.7 Å². The minimum atomic E-state index is -0.921. The van der Waals surface area contributed by atoms with E-state index in [4.69, 9.17) is 4.74 Å². The van der Waals surface area contributed by atoms with Crippen molar-refractivity contribution in [1.29, 1.82) is 0 Å². The maximum absolute atomic E-state index is 12.8. The molecule has 2 aliphatic carbocycles. The Morgan fingerprint density at radius 1 is 0.880 bits per heavy atom. The second-order valence-electron chi connectivity index (χ2n) is 6.62. The Balaban J connectivity index is 1.62. The molecule has 1 saturated carbocycles. The van der Waals surface area contributed by atoms with Gasteiger partial charge >= 0.3 is 11.9 Å². The summed E-state index contributed by atoms with van der Waals surface area (Å²) in [6.45, 7) is 0. The van der Waals surface area contributed by atoms with Crippen LogP contribution in [0.1, 0.15) is 6.42 Å². The van der Waals surface area contributed by atoms with E-state index in [-0.39, 0.29) is 11.8 Å². The number of rotatable bonds is 4. The van der Waals surface area contributed by atoms with Crippen LogP contribution in [0.2, 0.25) is 0 Å². The molecular weight excluding hydrogens is 316 g/mol. The van der Waals surface area contributed by atoms with Crippen LogP contribution in [0.5, 0.6) is 5.75 Å². The first-order chi connectivity index (χ1) is 12.1. The smallest absolute Gasteiger partial charge is 0.315 e. The lowest BCUT2D eigenvalue weighted by Crippen LogP contribution is -2.35. The molecule has 0 aliphatic heterocycles. The number of carboxylic acid groups (broad SMARTS) is 1. The number of allylic oxidation sites excluding steroid dienone is 2. The molecule has 2 aromatic carbocycles. The number of para-hydroxylation sites is 1. The molecule has 4 rings (SSSR count).